The molecule has 4 rings (SSSR count). The van der Waals surface area contributed by atoms with Crippen LogP contribution in [0.3, 0.4) is 0 Å². The van der Waals surface area contributed by atoms with Crippen molar-refractivity contribution in [1.29, 1.82) is 0 Å². The fourth-order valence-electron chi connectivity index (χ4n) is 4.20. The molecule has 2 fully saturated rings. The molecular weight excluding hydrogens is 391 g/mol. The highest BCUT2D eigenvalue weighted by molar-refractivity contribution is 5.94. The number of piperidine rings is 1. The SMILES string of the molecule is CO/N=C1/CCN(c2cc3c(cc2F)c(=O)c(C(=O)O)cn3C2CC2)CC1(C)CN. The molecule has 3 N–H and O–H groups in total. The van der Waals surface area contributed by atoms with E-state index in [4.69, 9.17) is 10.6 Å². The Morgan fingerprint density at radius 1 is 1.43 bits per heavy atom. The van der Waals surface area contributed by atoms with Gasteiger partial charge in [0.2, 0.25) is 5.43 Å². The van der Waals surface area contributed by atoms with Gasteiger partial charge in [0.1, 0.15) is 18.5 Å². The Morgan fingerprint density at radius 3 is 2.77 bits per heavy atom. The number of halogens is 1. The summed E-state index contributed by atoms with van der Waals surface area (Å²) in [6.07, 6.45) is 3.76. The van der Waals surface area contributed by atoms with Gasteiger partial charge in [0, 0.05) is 49.1 Å². The van der Waals surface area contributed by atoms with Gasteiger partial charge in [0.15, 0.2) is 0 Å². The second-order valence-corrected chi connectivity index (χ2v) is 8.29. The largest absolute Gasteiger partial charge is 0.477 e. The van der Waals surface area contributed by atoms with Crippen molar-refractivity contribution in [1.82, 2.24) is 4.57 Å². The minimum absolute atomic E-state index is 0.0864. The van der Waals surface area contributed by atoms with Crippen LogP contribution in [0.5, 0.6) is 0 Å². The Labute approximate surface area is 172 Å². The van der Waals surface area contributed by atoms with Crippen LogP contribution in [0.2, 0.25) is 0 Å². The van der Waals surface area contributed by atoms with E-state index in [1.165, 1.54) is 13.3 Å². The molecule has 30 heavy (non-hydrogen) atoms. The third kappa shape index (κ3) is 3.32. The van der Waals surface area contributed by atoms with Crippen molar-refractivity contribution >= 4 is 28.3 Å². The average molecular weight is 416 g/mol. The number of carbonyl (C=O) groups is 1. The van der Waals surface area contributed by atoms with E-state index >= 15 is 4.39 Å². The van der Waals surface area contributed by atoms with Crippen LogP contribution in [0.4, 0.5) is 10.1 Å². The molecule has 0 amide bonds. The maximum Gasteiger partial charge on any atom is 0.341 e. The summed E-state index contributed by atoms with van der Waals surface area (Å²) in [5.74, 6) is -1.86. The van der Waals surface area contributed by atoms with Crippen LogP contribution >= 0.6 is 0 Å². The van der Waals surface area contributed by atoms with Crippen LogP contribution in [0.25, 0.3) is 10.9 Å². The Balaban J connectivity index is 1.83. The summed E-state index contributed by atoms with van der Waals surface area (Å²) in [5.41, 5.74) is 6.29. The second kappa shape index (κ2) is 7.39. The number of fused-ring (bicyclic) bond motifs is 1. The molecule has 8 nitrogen and oxygen atoms in total. The highest BCUT2D eigenvalue weighted by Crippen LogP contribution is 2.39. The van der Waals surface area contributed by atoms with Gasteiger partial charge in [0.25, 0.3) is 0 Å². The predicted octanol–water partition coefficient (Wildman–Crippen LogP) is 2.35. The van der Waals surface area contributed by atoms with Gasteiger partial charge in [-0.05, 0) is 25.0 Å². The van der Waals surface area contributed by atoms with Gasteiger partial charge >= 0.3 is 5.97 Å². The quantitative estimate of drug-likeness (QED) is 0.724. The van der Waals surface area contributed by atoms with E-state index in [0.717, 1.165) is 24.6 Å². The Morgan fingerprint density at radius 2 is 2.17 bits per heavy atom. The zero-order chi connectivity index (χ0) is 21.6. The number of oxime groups is 1. The monoisotopic (exact) mass is 416 g/mol. The average Bonchev–Trinajstić information content (AvgIpc) is 3.55. The Bertz CT molecular complexity index is 1110. The zero-order valence-electron chi connectivity index (χ0n) is 17.0. The fourth-order valence-corrected chi connectivity index (χ4v) is 4.20. The van der Waals surface area contributed by atoms with Gasteiger partial charge in [-0.15, -0.1) is 0 Å². The number of nitrogens with zero attached hydrogens (tertiary/aromatic N) is 3. The molecule has 2 aliphatic rings. The number of benzene rings is 1. The molecule has 1 saturated heterocycles. The molecule has 1 aromatic heterocycles. The molecule has 9 heteroatoms. The van der Waals surface area contributed by atoms with Crippen LogP contribution in [0, 0.1) is 11.2 Å². The first kappa shape index (κ1) is 20.3. The van der Waals surface area contributed by atoms with E-state index in [-0.39, 0.29) is 17.0 Å². The minimum Gasteiger partial charge on any atom is -0.477 e. The van der Waals surface area contributed by atoms with E-state index in [0.29, 0.717) is 37.3 Å². The lowest BCUT2D eigenvalue weighted by atomic mass is 9.79. The summed E-state index contributed by atoms with van der Waals surface area (Å²) >= 11 is 0. The van der Waals surface area contributed by atoms with E-state index in [1.807, 2.05) is 11.8 Å². The number of rotatable bonds is 5. The van der Waals surface area contributed by atoms with Crippen LogP contribution in [-0.2, 0) is 4.84 Å². The smallest absolute Gasteiger partial charge is 0.341 e. The molecule has 2 heterocycles. The third-order valence-corrected chi connectivity index (χ3v) is 6.12. The molecule has 0 radical (unpaired) electrons. The number of hydrogen-bond acceptors (Lipinski definition) is 6. The summed E-state index contributed by atoms with van der Waals surface area (Å²) in [5, 5.41) is 13.6. The van der Waals surface area contributed by atoms with Crippen molar-refractivity contribution < 1.29 is 19.1 Å². The first-order chi connectivity index (χ1) is 14.3. The molecule has 0 bridgehead atoms. The Hall–Kier alpha value is -2.94. The molecule has 1 unspecified atom stereocenters. The molecule has 1 saturated carbocycles. The fraction of sp³-hybridized carbons (Fsp3) is 0.476. The van der Waals surface area contributed by atoms with Crippen LogP contribution < -0.4 is 16.1 Å². The van der Waals surface area contributed by atoms with Crippen molar-refractivity contribution in [2.45, 2.75) is 32.2 Å². The van der Waals surface area contributed by atoms with Gasteiger partial charge in [0.05, 0.1) is 16.9 Å². The highest BCUT2D eigenvalue weighted by atomic mass is 19.1. The number of aromatic nitrogens is 1. The normalized spacial score (nSPS) is 23.2. The molecule has 160 valence electrons. The summed E-state index contributed by atoms with van der Waals surface area (Å²) in [6.45, 7) is 3.28. The lowest BCUT2D eigenvalue weighted by Crippen LogP contribution is -2.52. The van der Waals surface area contributed by atoms with Crippen molar-refractivity contribution in [2.24, 2.45) is 16.3 Å². The number of anilines is 1. The van der Waals surface area contributed by atoms with Gasteiger partial charge in [-0.25, -0.2) is 9.18 Å². The number of nitrogens with two attached hydrogens (primary N) is 1. The minimum atomic E-state index is -1.31. The van der Waals surface area contributed by atoms with E-state index in [2.05, 4.69) is 5.16 Å². The lowest BCUT2D eigenvalue weighted by molar-refractivity contribution is 0.0695. The topological polar surface area (TPSA) is 110 Å². The molecule has 1 aliphatic heterocycles. The first-order valence-electron chi connectivity index (χ1n) is 9.96. The van der Waals surface area contributed by atoms with Crippen molar-refractivity contribution in [3.63, 3.8) is 0 Å². The predicted molar refractivity (Wildman–Crippen MR) is 112 cm³/mol. The summed E-state index contributed by atoms with van der Waals surface area (Å²) in [7, 11) is 1.49. The molecule has 0 spiro atoms. The van der Waals surface area contributed by atoms with Gasteiger partial charge in [-0.2, -0.15) is 0 Å². The summed E-state index contributed by atoms with van der Waals surface area (Å²) in [4.78, 5) is 31.0. The summed E-state index contributed by atoms with van der Waals surface area (Å²) in [6, 6.07) is 2.95. The first-order valence-corrected chi connectivity index (χ1v) is 9.96. The molecule has 1 aliphatic carbocycles. The molecular formula is C21H25FN4O4. The zero-order valence-corrected chi connectivity index (χ0v) is 17.0. The van der Waals surface area contributed by atoms with Gasteiger partial charge < -0.3 is 25.1 Å². The number of carboxylic acid groups (broad SMARTS) is 1. The van der Waals surface area contributed by atoms with E-state index < -0.39 is 22.6 Å². The number of hydrogen-bond donors (Lipinski definition) is 2. The second-order valence-electron chi connectivity index (χ2n) is 8.29. The van der Waals surface area contributed by atoms with E-state index in [9.17, 15) is 14.7 Å². The van der Waals surface area contributed by atoms with E-state index in [1.54, 1.807) is 10.6 Å². The number of pyridine rings is 1. The maximum absolute atomic E-state index is 15.1. The van der Waals surface area contributed by atoms with Crippen LogP contribution in [0.15, 0.2) is 28.3 Å². The number of carboxylic acids is 1. The maximum atomic E-state index is 15.1. The van der Waals surface area contributed by atoms with Crippen molar-refractivity contribution in [3.05, 3.63) is 39.9 Å². The highest BCUT2D eigenvalue weighted by Gasteiger charge is 2.37. The van der Waals surface area contributed by atoms with Crippen molar-refractivity contribution in [3.8, 4) is 0 Å². The Kier molecular flexibility index (Phi) is 5.01. The third-order valence-electron chi connectivity index (χ3n) is 6.12. The van der Waals surface area contributed by atoms with Gasteiger partial charge in [-0.3, -0.25) is 4.79 Å². The summed E-state index contributed by atoms with van der Waals surface area (Å²) < 4.78 is 16.9. The molecule has 2 aromatic rings. The van der Waals surface area contributed by atoms with Gasteiger partial charge in [-0.1, -0.05) is 12.1 Å². The van der Waals surface area contributed by atoms with Crippen LogP contribution in [-0.4, -0.2) is 48.1 Å². The molecule has 1 aromatic carbocycles. The van der Waals surface area contributed by atoms with Crippen LogP contribution in [0.1, 0.15) is 42.6 Å². The number of aromatic carboxylic acids is 1. The standard InChI is InChI=1S/C21H25FN4O4/c1-21(10-23)11-25(6-5-18(21)24-30-2)17-8-16-13(7-15(17)22)19(27)14(20(28)29)9-26(16)12-3-4-12/h7-9,12H,3-6,10-11,23H2,1-2H3,(H,28,29)/b24-18-. The lowest BCUT2D eigenvalue weighted by Gasteiger charge is -2.41. The van der Waals surface area contributed by atoms with Crippen molar-refractivity contribution in [2.75, 3.05) is 31.6 Å². The molecule has 1 atom stereocenters.